The molecule has 0 radical (unpaired) electrons. The molecule has 1 atom stereocenters. The van der Waals surface area contributed by atoms with Gasteiger partial charge in [0.25, 0.3) is 0 Å². The van der Waals surface area contributed by atoms with E-state index in [9.17, 15) is 0 Å². The molecule has 2 aromatic carbocycles. The van der Waals surface area contributed by atoms with Crippen molar-refractivity contribution >= 4 is 17.3 Å². The lowest BCUT2D eigenvalue weighted by Crippen LogP contribution is -2.28. The van der Waals surface area contributed by atoms with Crippen LogP contribution in [0.25, 0.3) is 5.57 Å². The molecule has 1 aliphatic carbocycles. The zero-order valence-corrected chi connectivity index (χ0v) is 21.8. The summed E-state index contributed by atoms with van der Waals surface area (Å²) in [6.07, 6.45) is 9.07. The minimum Gasteiger partial charge on any atom is -0.420 e. The predicted molar refractivity (Wildman–Crippen MR) is 144 cm³/mol. The molecule has 3 aromatic rings. The normalized spacial score (nSPS) is 17.7. The van der Waals surface area contributed by atoms with E-state index in [2.05, 4.69) is 103 Å². The van der Waals surface area contributed by atoms with Crippen LogP contribution in [-0.2, 0) is 22.7 Å². The van der Waals surface area contributed by atoms with Crippen LogP contribution in [0.1, 0.15) is 48.2 Å². The molecule has 0 saturated carbocycles. The van der Waals surface area contributed by atoms with E-state index in [1.807, 2.05) is 6.08 Å². The van der Waals surface area contributed by atoms with Gasteiger partial charge in [-0.3, -0.25) is 0 Å². The third kappa shape index (κ3) is 7.92. The van der Waals surface area contributed by atoms with Crippen LogP contribution < -0.4 is 0 Å². The highest BCUT2D eigenvalue weighted by molar-refractivity contribution is 7.97. The number of rotatable bonds is 12. The van der Waals surface area contributed by atoms with E-state index in [0.717, 1.165) is 43.7 Å². The second-order valence-electron chi connectivity index (χ2n) is 9.49. The van der Waals surface area contributed by atoms with Crippen molar-refractivity contribution in [3.8, 4) is 0 Å². The number of ether oxygens (including phenoxy) is 1. The van der Waals surface area contributed by atoms with Crippen LogP contribution in [0.4, 0.5) is 0 Å². The van der Waals surface area contributed by atoms with Crippen LogP contribution in [0.2, 0.25) is 0 Å². The molecule has 0 fully saturated rings. The molecular formula is C29H35N3O2S. The summed E-state index contributed by atoms with van der Waals surface area (Å²) in [5.74, 6) is 2.85. The lowest BCUT2D eigenvalue weighted by Gasteiger charge is -2.28. The molecule has 184 valence electrons. The molecule has 0 spiro atoms. The average molecular weight is 490 g/mol. The second-order valence-corrected chi connectivity index (χ2v) is 10.5. The first kappa shape index (κ1) is 25.4. The fourth-order valence-corrected chi connectivity index (χ4v) is 4.76. The Hall–Kier alpha value is -2.67. The molecule has 1 heterocycles. The maximum absolute atomic E-state index is 6.11. The van der Waals surface area contributed by atoms with Crippen LogP contribution >= 0.6 is 11.8 Å². The van der Waals surface area contributed by atoms with Gasteiger partial charge in [-0.05, 0) is 63.5 Å². The zero-order chi connectivity index (χ0) is 24.5. The molecule has 1 unspecified atom stereocenters. The Labute approximate surface area is 213 Å². The Balaban J connectivity index is 1.21. The first-order chi connectivity index (χ1) is 17.0. The third-order valence-corrected chi connectivity index (χ3v) is 6.99. The molecule has 1 aromatic heterocycles. The summed E-state index contributed by atoms with van der Waals surface area (Å²) in [6.45, 7) is 3.90. The van der Waals surface area contributed by atoms with Gasteiger partial charge in [0.05, 0.1) is 11.4 Å². The Morgan fingerprint density at radius 1 is 0.971 bits per heavy atom. The smallest absolute Gasteiger partial charge is 0.247 e. The van der Waals surface area contributed by atoms with E-state index >= 15 is 0 Å². The lowest BCUT2D eigenvalue weighted by atomic mass is 9.93. The van der Waals surface area contributed by atoms with Crippen molar-refractivity contribution in [2.75, 3.05) is 27.2 Å². The number of aromatic nitrogens is 2. The minimum atomic E-state index is -0.273. The molecule has 0 amide bonds. The SMILES string of the molecule is CN(C)CCCOC1(C)C=CC(c2nnc(CSCc3ccc(Cc4ccccc4)cc3)o2)=CC1. The minimum absolute atomic E-state index is 0.273. The first-order valence-corrected chi connectivity index (χ1v) is 13.3. The van der Waals surface area contributed by atoms with Crippen molar-refractivity contribution < 1.29 is 9.15 Å². The third-order valence-electron chi connectivity index (χ3n) is 6.01. The van der Waals surface area contributed by atoms with E-state index < -0.39 is 0 Å². The quantitative estimate of drug-likeness (QED) is 0.284. The molecule has 1 aliphatic rings. The highest BCUT2D eigenvalue weighted by Crippen LogP contribution is 2.29. The van der Waals surface area contributed by atoms with E-state index in [1.54, 1.807) is 11.8 Å². The number of nitrogens with zero attached hydrogens (tertiary/aromatic N) is 3. The fraction of sp³-hybridized carbons (Fsp3) is 0.379. The Morgan fingerprint density at radius 2 is 1.71 bits per heavy atom. The summed E-state index contributed by atoms with van der Waals surface area (Å²) in [5, 5.41) is 8.51. The molecule has 5 nitrogen and oxygen atoms in total. The molecule has 35 heavy (non-hydrogen) atoms. The van der Waals surface area contributed by atoms with Crippen molar-refractivity contribution in [2.24, 2.45) is 0 Å². The van der Waals surface area contributed by atoms with Crippen molar-refractivity contribution in [3.63, 3.8) is 0 Å². The zero-order valence-electron chi connectivity index (χ0n) is 20.9. The van der Waals surface area contributed by atoms with E-state index in [0.29, 0.717) is 17.5 Å². The maximum atomic E-state index is 6.11. The molecule has 6 heteroatoms. The van der Waals surface area contributed by atoms with Crippen LogP contribution in [0.3, 0.4) is 0 Å². The van der Waals surface area contributed by atoms with Gasteiger partial charge >= 0.3 is 0 Å². The Morgan fingerprint density at radius 3 is 2.43 bits per heavy atom. The fourth-order valence-electron chi connectivity index (χ4n) is 3.94. The molecule has 0 N–H and O–H groups in total. The number of benzene rings is 2. The van der Waals surface area contributed by atoms with E-state index in [-0.39, 0.29) is 5.60 Å². The summed E-state index contributed by atoms with van der Waals surface area (Å²) in [6, 6.07) is 19.4. The average Bonchev–Trinajstić information content (AvgIpc) is 3.33. The monoisotopic (exact) mass is 489 g/mol. The van der Waals surface area contributed by atoms with Gasteiger partial charge in [-0.1, -0.05) is 72.8 Å². The number of thioether (sulfide) groups is 1. The topological polar surface area (TPSA) is 51.4 Å². The Kier molecular flexibility index (Phi) is 8.96. The van der Waals surface area contributed by atoms with Crippen molar-refractivity contribution in [1.29, 1.82) is 0 Å². The second kappa shape index (κ2) is 12.3. The molecular weight excluding hydrogens is 454 g/mol. The summed E-state index contributed by atoms with van der Waals surface area (Å²) < 4.78 is 12.0. The highest BCUT2D eigenvalue weighted by Gasteiger charge is 2.25. The van der Waals surface area contributed by atoms with Gasteiger partial charge < -0.3 is 14.1 Å². The first-order valence-electron chi connectivity index (χ1n) is 12.2. The Bertz CT molecular complexity index is 1120. The molecule has 4 rings (SSSR count). The number of hydrogen-bond acceptors (Lipinski definition) is 6. The summed E-state index contributed by atoms with van der Waals surface area (Å²) >= 11 is 1.79. The van der Waals surface area contributed by atoms with Gasteiger partial charge in [0.2, 0.25) is 11.8 Å². The van der Waals surface area contributed by atoms with Gasteiger partial charge in [-0.15, -0.1) is 22.0 Å². The molecule has 0 aliphatic heterocycles. The van der Waals surface area contributed by atoms with E-state index in [4.69, 9.17) is 9.15 Å². The van der Waals surface area contributed by atoms with Gasteiger partial charge in [0, 0.05) is 17.9 Å². The number of hydrogen-bond donors (Lipinski definition) is 0. The lowest BCUT2D eigenvalue weighted by molar-refractivity contribution is 0.00395. The van der Waals surface area contributed by atoms with Crippen LogP contribution in [0.15, 0.2) is 77.2 Å². The summed E-state index contributed by atoms with van der Waals surface area (Å²) in [5.41, 5.74) is 4.66. The predicted octanol–water partition coefficient (Wildman–Crippen LogP) is 6.16. The summed E-state index contributed by atoms with van der Waals surface area (Å²) in [4.78, 5) is 2.18. The van der Waals surface area contributed by atoms with Crippen LogP contribution in [0, 0.1) is 0 Å². The van der Waals surface area contributed by atoms with Gasteiger partial charge in [-0.25, -0.2) is 0 Å². The van der Waals surface area contributed by atoms with Gasteiger partial charge in [-0.2, -0.15) is 0 Å². The van der Waals surface area contributed by atoms with Gasteiger partial charge in [0.15, 0.2) is 0 Å². The molecule has 0 bridgehead atoms. The van der Waals surface area contributed by atoms with Crippen molar-refractivity contribution in [2.45, 2.75) is 43.3 Å². The maximum Gasteiger partial charge on any atom is 0.247 e. The van der Waals surface area contributed by atoms with Crippen LogP contribution in [0.5, 0.6) is 0 Å². The van der Waals surface area contributed by atoms with Gasteiger partial charge in [0.1, 0.15) is 0 Å². The number of allylic oxidation sites excluding steroid dienone is 2. The summed E-state index contributed by atoms with van der Waals surface area (Å²) in [7, 11) is 4.16. The largest absolute Gasteiger partial charge is 0.420 e. The molecule has 0 saturated heterocycles. The highest BCUT2D eigenvalue weighted by atomic mass is 32.2. The van der Waals surface area contributed by atoms with Crippen molar-refractivity contribution in [1.82, 2.24) is 15.1 Å². The van der Waals surface area contributed by atoms with Crippen molar-refractivity contribution in [3.05, 3.63) is 101 Å². The van der Waals surface area contributed by atoms with Crippen LogP contribution in [-0.4, -0.2) is 47.9 Å². The standard InChI is InChI=1S/C29H35N3O2S/c1-29(33-19-7-18-32(2)3)16-14-26(15-17-29)28-31-30-27(34-28)22-35-21-25-12-10-24(11-13-25)20-23-8-5-4-6-9-23/h4-6,8-16H,7,17-22H2,1-3H3. The van der Waals surface area contributed by atoms with E-state index in [1.165, 1.54) is 16.7 Å².